The van der Waals surface area contributed by atoms with Gasteiger partial charge in [0.05, 0.1) is 6.04 Å². The number of piperidine rings is 1. The zero-order valence-corrected chi connectivity index (χ0v) is 18.6. The van der Waals surface area contributed by atoms with Gasteiger partial charge in [-0.25, -0.2) is 4.79 Å². The molecule has 0 saturated carbocycles. The zero-order valence-electron chi connectivity index (χ0n) is 17.8. The van der Waals surface area contributed by atoms with Gasteiger partial charge in [-0.05, 0) is 69.1 Å². The van der Waals surface area contributed by atoms with Crippen molar-refractivity contribution >= 4 is 29.9 Å². The Balaban J connectivity index is 0.00000272. The van der Waals surface area contributed by atoms with Crippen molar-refractivity contribution < 1.29 is 14.0 Å². The average molecular weight is 446 g/mol. The number of nitrogens with one attached hydrogen (secondary N) is 2. The molecule has 1 aromatic carbocycles. The van der Waals surface area contributed by atoms with E-state index in [9.17, 15) is 14.4 Å². The molecule has 1 aromatic heterocycles. The van der Waals surface area contributed by atoms with Gasteiger partial charge in [0.2, 0.25) is 5.91 Å². The normalized spacial score (nSPS) is 19.2. The molecule has 2 amide bonds. The summed E-state index contributed by atoms with van der Waals surface area (Å²) in [5, 5.41) is 6.14. The lowest BCUT2D eigenvalue weighted by molar-refractivity contribution is -0.117. The Bertz CT molecular complexity index is 1030. The standard InChI is InChI=1S/C23H27N3O4.ClH/c1-14-4-3-5-18(10-14)26-13-17(12-20(26)27)25-22(28)21-15(2)11-19(30-23(21)29)16-6-8-24-9-7-16;/h3-5,10-11,16-17,24H,6-9,12-13H2,1-2H3,(H,25,28);1H. The molecule has 2 N–H and O–H groups in total. The van der Waals surface area contributed by atoms with Crippen molar-refractivity contribution in [2.75, 3.05) is 24.5 Å². The number of hydrogen-bond donors (Lipinski definition) is 2. The molecule has 3 heterocycles. The van der Waals surface area contributed by atoms with Crippen LogP contribution in [0.1, 0.15) is 52.4 Å². The molecule has 4 rings (SSSR count). The number of carbonyl (C=O) groups is 2. The van der Waals surface area contributed by atoms with Gasteiger partial charge >= 0.3 is 5.63 Å². The third kappa shape index (κ3) is 4.99. The van der Waals surface area contributed by atoms with Crippen LogP contribution in [0.2, 0.25) is 0 Å². The summed E-state index contributed by atoms with van der Waals surface area (Å²) in [6.45, 7) is 5.89. The number of aryl methyl sites for hydroxylation is 2. The number of rotatable bonds is 4. The predicted molar refractivity (Wildman–Crippen MR) is 121 cm³/mol. The molecule has 166 valence electrons. The van der Waals surface area contributed by atoms with Crippen LogP contribution in [0.5, 0.6) is 0 Å². The number of anilines is 1. The first-order valence-electron chi connectivity index (χ1n) is 10.5. The van der Waals surface area contributed by atoms with Crippen LogP contribution in [-0.4, -0.2) is 37.5 Å². The third-order valence-electron chi connectivity index (χ3n) is 5.91. The topological polar surface area (TPSA) is 91.7 Å². The fourth-order valence-electron chi connectivity index (χ4n) is 4.32. The molecule has 2 aliphatic heterocycles. The first-order chi connectivity index (χ1) is 14.4. The molecule has 0 aliphatic carbocycles. The summed E-state index contributed by atoms with van der Waals surface area (Å²) in [4.78, 5) is 39.5. The number of halogens is 1. The highest BCUT2D eigenvalue weighted by Crippen LogP contribution is 2.26. The van der Waals surface area contributed by atoms with E-state index in [4.69, 9.17) is 4.42 Å². The largest absolute Gasteiger partial charge is 0.427 e. The maximum atomic E-state index is 12.8. The lowest BCUT2D eigenvalue weighted by atomic mass is 9.94. The Kier molecular flexibility index (Phi) is 7.18. The van der Waals surface area contributed by atoms with Gasteiger partial charge in [-0.15, -0.1) is 12.4 Å². The Morgan fingerprint density at radius 1 is 1.16 bits per heavy atom. The highest BCUT2D eigenvalue weighted by Gasteiger charge is 2.33. The van der Waals surface area contributed by atoms with Gasteiger partial charge in [0, 0.05) is 24.6 Å². The van der Waals surface area contributed by atoms with E-state index in [0.717, 1.165) is 37.2 Å². The zero-order chi connectivity index (χ0) is 21.3. The summed E-state index contributed by atoms with van der Waals surface area (Å²) in [5.74, 6) is 0.320. The molecule has 2 fully saturated rings. The second kappa shape index (κ2) is 9.66. The van der Waals surface area contributed by atoms with E-state index in [2.05, 4.69) is 10.6 Å². The van der Waals surface area contributed by atoms with Crippen LogP contribution < -0.4 is 21.2 Å². The Morgan fingerprint density at radius 2 is 1.90 bits per heavy atom. The molecular formula is C23H28ClN3O4. The quantitative estimate of drug-likeness (QED) is 0.754. The van der Waals surface area contributed by atoms with E-state index in [1.165, 1.54) is 0 Å². The van der Waals surface area contributed by atoms with Crippen LogP contribution in [0.3, 0.4) is 0 Å². The molecule has 1 atom stereocenters. The van der Waals surface area contributed by atoms with Crippen molar-refractivity contribution in [3.05, 3.63) is 63.2 Å². The minimum absolute atomic E-state index is 0. The predicted octanol–water partition coefficient (Wildman–Crippen LogP) is 2.68. The number of benzene rings is 1. The Labute approximate surface area is 187 Å². The maximum Gasteiger partial charge on any atom is 0.349 e. The van der Waals surface area contributed by atoms with Crippen LogP contribution in [0.15, 0.2) is 39.5 Å². The Hall–Kier alpha value is -2.64. The molecule has 0 radical (unpaired) electrons. The number of amides is 2. The second-order valence-corrected chi connectivity index (χ2v) is 8.24. The van der Waals surface area contributed by atoms with Crippen LogP contribution in [-0.2, 0) is 4.79 Å². The number of nitrogens with zero attached hydrogens (tertiary/aromatic N) is 1. The second-order valence-electron chi connectivity index (χ2n) is 8.24. The van der Waals surface area contributed by atoms with Crippen molar-refractivity contribution in [3.8, 4) is 0 Å². The number of hydrogen-bond acceptors (Lipinski definition) is 5. The molecule has 7 nitrogen and oxygen atoms in total. The fraction of sp³-hybridized carbons (Fsp3) is 0.435. The molecular weight excluding hydrogens is 418 g/mol. The summed E-state index contributed by atoms with van der Waals surface area (Å²) >= 11 is 0. The Morgan fingerprint density at radius 3 is 2.58 bits per heavy atom. The summed E-state index contributed by atoms with van der Waals surface area (Å²) in [7, 11) is 0. The third-order valence-corrected chi connectivity index (χ3v) is 5.91. The lowest BCUT2D eigenvalue weighted by Crippen LogP contribution is -2.39. The van der Waals surface area contributed by atoms with Crippen molar-refractivity contribution in [3.63, 3.8) is 0 Å². The van der Waals surface area contributed by atoms with Gasteiger partial charge in [0.15, 0.2) is 0 Å². The molecule has 2 aliphatic rings. The van der Waals surface area contributed by atoms with Gasteiger partial charge in [0.25, 0.3) is 5.91 Å². The average Bonchev–Trinajstić information content (AvgIpc) is 3.08. The molecule has 2 saturated heterocycles. The van der Waals surface area contributed by atoms with Crippen LogP contribution >= 0.6 is 12.4 Å². The first kappa shape index (κ1) is 23.0. The molecule has 0 bridgehead atoms. The van der Waals surface area contributed by atoms with Crippen molar-refractivity contribution in [2.24, 2.45) is 0 Å². The van der Waals surface area contributed by atoms with E-state index in [-0.39, 0.29) is 42.3 Å². The van der Waals surface area contributed by atoms with Crippen molar-refractivity contribution in [1.82, 2.24) is 10.6 Å². The van der Waals surface area contributed by atoms with Crippen molar-refractivity contribution in [1.29, 1.82) is 0 Å². The first-order valence-corrected chi connectivity index (χ1v) is 10.5. The smallest absolute Gasteiger partial charge is 0.349 e. The van der Waals surface area contributed by atoms with E-state index in [0.29, 0.717) is 17.9 Å². The molecule has 2 aromatic rings. The van der Waals surface area contributed by atoms with E-state index in [1.807, 2.05) is 37.3 Å². The van der Waals surface area contributed by atoms with E-state index in [1.54, 1.807) is 11.8 Å². The molecule has 8 heteroatoms. The fourth-order valence-corrected chi connectivity index (χ4v) is 4.32. The summed E-state index contributed by atoms with van der Waals surface area (Å²) < 4.78 is 5.52. The van der Waals surface area contributed by atoms with Crippen molar-refractivity contribution in [2.45, 2.75) is 45.1 Å². The van der Waals surface area contributed by atoms with E-state index < -0.39 is 11.5 Å². The summed E-state index contributed by atoms with van der Waals surface area (Å²) in [5.41, 5.74) is 1.90. The minimum atomic E-state index is -0.610. The molecule has 31 heavy (non-hydrogen) atoms. The monoisotopic (exact) mass is 445 g/mol. The molecule has 0 spiro atoms. The van der Waals surface area contributed by atoms with Crippen LogP contribution in [0, 0.1) is 13.8 Å². The molecule has 1 unspecified atom stereocenters. The van der Waals surface area contributed by atoms with Gasteiger partial charge in [-0.3, -0.25) is 9.59 Å². The highest BCUT2D eigenvalue weighted by molar-refractivity contribution is 5.99. The summed E-state index contributed by atoms with van der Waals surface area (Å²) in [6.07, 6.45) is 2.02. The van der Waals surface area contributed by atoms with Gasteiger partial charge in [-0.1, -0.05) is 12.1 Å². The highest BCUT2D eigenvalue weighted by atomic mass is 35.5. The number of carbonyl (C=O) groups excluding carboxylic acids is 2. The summed E-state index contributed by atoms with van der Waals surface area (Å²) in [6, 6.07) is 9.16. The van der Waals surface area contributed by atoms with Gasteiger partial charge < -0.3 is 20.0 Å². The van der Waals surface area contributed by atoms with Gasteiger partial charge in [-0.2, -0.15) is 0 Å². The lowest BCUT2D eigenvalue weighted by Gasteiger charge is -2.22. The minimum Gasteiger partial charge on any atom is -0.427 e. The SMILES string of the molecule is Cc1cccc(N2CC(NC(=O)c3c(C)cc(C4CCNCC4)oc3=O)CC2=O)c1.Cl. The maximum absolute atomic E-state index is 12.8. The van der Waals surface area contributed by atoms with Crippen LogP contribution in [0.4, 0.5) is 5.69 Å². The van der Waals surface area contributed by atoms with Gasteiger partial charge in [0.1, 0.15) is 11.3 Å². The van der Waals surface area contributed by atoms with Crippen LogP contribution in [0.25, 0.3) is 0 Å². The van der Waals surface area contributed by atoms with E-state index >= 15 is 0 Å².